The van der Waals surface area contributed by atoms with E-state index >= 15 is 0 Å². The minimum Gasteiger partial charge on any atom is -0.374 e. The summed E-state index contributed by atoms with van der Waals surface area (Å²) in [5.41, 5.74) is 2.86. The van der Waals surface area contributed by atoms with Crippen molar-refractivity contribution < 1.29 is 8.42 Å². The summed E-state index contributed by atoms with van der Waals surface area (Å²) >= 11 is 0. The van der Waals surface area contributed by atoms with Crippen molar-refractivity contribution in [1.82, 2.24) is 14.2 Å². The van der Waals surface area contributed by atoms with E-state index in [-0.39, 0.29) is 10.8 Å². The molecule has 2 unspecified atom stereocenters. The molecule has 0 saturated carbocycles. The number of sulfonamides is 1. The Morgan fingerprint density at radius 2 is 2.06 bits per heavy atom. The van der Waals surface area contributed by atoms with Crippen molar-refractivity contribution in [3.63, 3.8) is 0 Å². The second kappa shape index (κ2) is 10.1. The lowest BCUT2D eigenvalue weighted by Gasteiger charge is -2.50. The van der Waals surface area contributed by atoms with E-state index < -0.39 is 15.6 Å². The zero-order valence-electron chi connectivity index (χ0n) is 20.7. The van der Waals surface area contributed by atoms with Crippen molar-refractivity contribution in [1.29, 1.82) is 5.26 Å². The molecule has 2 aromatic rings. The topological polar surface area (TPSA) is 92.2 Å². The van der Waals surface area contributed by atoms with Gasteiger partial charge in [-0.15, -0.1) is 0 Å². The molecule has 0 bridgehead atoms. The number of benzene rings is 1. The molecule has 1 aromatic carbocycles. The van der Waals surface area contributed by atoms with Crippen molar-refractivity contribution in [2.24, 2.45) is 5.92 Å². The molecule has 8 heteroatoms. The number of aromatic nitrogens is 1. The molecule has 3 rings (SSSR count). The van der Waals surface area contributed by atoms with Crippen LogP contribution in [0, 0.1) is 17.2 Å². The first-order valence-electron chi connectivity index (χ1n) is 11.6. The van der Waals surface area contributed by atoms with Gasteiger partial charge in [-0.25, -0.2) is 8.42 Å². The Bertz CT molecular complexity index is 1210. The number of hydrogen-bond donors (Lipinski definition) is 2. The smallest absolute Gasteiger partial charge is 0.243 e. The third-order valence-electron chi connectivity index (χ3n) is 7.17. The lowest BCUT2D eigenvalue weighted by molar-refractivity contribution is 0.0717. The van der Waals surface area contributed by atoms with E-state index in [0.29, 0.717) is 12.1 Å². The van der Waals surface area contributed by atoms with Gasteiger partial charge in [0, 0.05) is 44.6 Å². The molecule has 1 fully saturated rings. The lowest BCUT2D eigenvalue weighted by atomic mass is 9.80. The first-order valence-corrected chi connectivity index (χ1v) is 13.0. The molecule has 2 N–H and O–H groups in total. The number of likely N-dealkylation sites (tertiary alicyclic amines) is 1. The Balaban J connectivity index is 2.00. The number of aromatic amines is 1. The van der Waals surface area contributed by atoms with Crippen LogP contribution in [0.5, 0.6) is 0 Å². The van der Waals surface area contributed by atoms with Crippen molar-refractivity contribution in [3.8, 4) is 6.07 Å². The Hall–Kier alpha value is -3.02. The van der Waals surface area contributed by atoms with E-state index in [9.17, 15) is 8.42 Å². The SMILES string of the molecule is C=C(/C=C(\c1cc[nH]c1NC)N1CCC(C)C(C)(N(C)S(=O)(=O)c2ccc(C#N)cc2)C1)CC. The molecule has 0 amide bonds. The largest absolute Gasteiger partial charge is 0.374 e. The summed E-state index contributed by atoms with van der Waals surface area (Å²) in [7, 11) is -0.216. The number of anilines is 1. The third kappa shape index (κ3) is 4.77. The molecule has 1 aromatic heterocycles. The van der Waals surface area contributed by atoms with E-state index in [4.69, 9.17) is 5.26 Å². The summed E-state index contributed by atoms with van der Waals surface area (Å²) in [4.78, 5) is 5.70. The van der Waals surface area contributed by atoms with Gasteiger partial charge in [0.05, 0.1) is 22.1 Å². The zero-order chi connectivity index (χ0) is 25.1. The Morgan fingerprint density at radius 1 is 1.38 bits per heavy atom. The van der Waals surface area contributed by atoms with Gasteiger partial charge in [-0.1, -0.05) is 26.0 Å². The number of likely N-dealkylation sites (N-methyl/N-ethyl adjacent to an activating group) is 1. The highest BCUT2D eigenvalue weighted by molar-refractivity contribution is 7.89. The van der Waals surface area contributed by atoms with Crippen molar-refractivity contribution >= 4 is 21.5 Å². The van der Waals surface area contributed by atoms with Gasteiger partial charge in [0.15, 0.2) is 0 Å². The van der Waals surface area contributed by atoms with Crippen LogP contribution in [0.15, 0.2) is 59.7 Å². The van der Waals surface area contributed by atoms with Crippen LogP contribution in [0.1, 0.15) is 44.7 Å². The van der Waals surface area contributed by atoms with Crippen molar-refractivity contribution in [2.45, 2.75) is 44.0 Å². The minimum atomic E-state index is -3.76. The van der Waals surface area contributed by atoms with Crippen LogP contribution >= 0.6 is 0 Å². The van der Waals surface area contributed by atoms with Crippen molar-refractivity contribution in [2.75, 3.05) is 32.5 Å². The van der Waals surface area contributed by atoms with Gasteiger partial charge >= 0.3 is 0 Å². The van der Waals surface area contributed by atoms with E-state index in [2.05, 4.69) is 41.7 Å². The molecule has 182 valence electrons. The van der Waals surface area contributed by atoms with Gasteiger partial charge in [-0.05, 0) is 62.1 Å². The Kier molecular flexibility index (Phi) is 7.59. The monoisotopic (exact) mass is 481 g/mol. The zero-order valence-corrected chi connectivity index (χ0v) is 21.5. The summed E-state index contributed by atoms with van der Waals surface area (Å²) in [6.45, 7) is 11.8. The molecular formula is C26H35N5O2S. The fourth-order valence-electron chi connectivity index (χ4n) is 4.46. The molecule has 1 aliphatic rings. The predicted molar refractivity (Wildman–Crippen MR) is 138 cm³/mol. The molecule has 2 heterocycles. The van der Waals surface area contributed by atoms with E-state index in [1.165, 1.54) is 16.4 Å². The number of rotatable bonds is 8. The Morgan fingerprint density at radius 3 is 2.65 bits per heavy atom. The fourth-order valence-corrected chi connectivity index (χ4v) is 6.04. The minimum absolute atomic E-state index is 0.146. The molecule has 0 radical (unpaired) electrons. The van der Waals surface area contributed by atoms with Crippen LogP contribution in [0.25, 0.3) is 5.70 Å². The number of H-pyrrole nitrogens is 1. The summed E-state index contributed by atoms with van der Waals surface area (Å²) in [6.07, 6.45) is 5.68. The quantitative estimate of drug-likeness (QED) is 0.535. The van der Waals surface area contributed by atoms with Gasteiger partial charge < -0.3 is 15.2 Å². The van der Waals surface area contributed by atoms with Crippen molar-refractivity contribution in [3.05, 3.63) is 65.9 Å². The summed E-state index contributed by atoms with van der Waals surface area (Å²) < 4.78 is 28.7. The van der Waals surface area contributed by atoms with Crippen LogP contribution in [0.2, 0.25) is 0 Å². The molecule has 0 aliphatic carbocycles. The van der Waals surface area contributed by atoms with Crippen LogP contribution in [0.4, 0.5) is 5.82 Å². The van der Waals surface area contributed by atoms with Gasteiger partial charge in [-0.3, -0.25) is 0 Å². The van der Waals surface area contributed by atoms with Gasteiger partial charge in [0.25, 0.3) is 0 Å². The molecule has 7 nitrogen and oxygen atoms in total. The van der Waals surface area contributed by atoms with Gasteiger partial charge in [0.2, 0.25) is 10.0 Å². The summed E-state index contributed by atoms with van der Waals surface area (Å²) in [6, 6.07) is 10.2. The average molecular weight is 482 g/mol. The molecule has 34 heavy (non-hydrogen) atoms. The van der Waals surface area contributed by atoms with Crippen LogP contribution in [0.3, 0.4) is 0 Å². The van der Waals surface area contributed by atoms with E-state index in [0.717, 1.165) is 42.0 Å². The first kappa shape index (κ1) is 25.6. The third-order valence-corrected chi connectivity index (χ3v) is 9.18. The van der Waals surface area contributed by atoms with Crippen LogP contribution < -0.4 is 5.32 Å². The average Bonchev–Trinajstić information content (AvgIpc) is 3.32. The Labute approximate surface area is 203 Å². The van der Waals surface area contributed by atoms with Gasteiger partial charge in [0.1, 0.15) is 5.82 Å². The number of hydrogen-bond acceptors (Lipinski definition) is 5. The maximum Gasteiger partial charge on any atom is 0.243 e. The highest BCUT2D eigenvalue weighted by atomic mass is 32.2. The maximum absolute atomic E-state index is 13.6. The number of piperidine rings is 1. The number of nitriles is 1. The van der Waals surface area contributed by atoms with Crippen LogP contribution in [-0.2, 0) is 10.0 Å². The maximum atomic E-state index is 13.6. The first-order chi connectivity index (χ1) is 16.1. The summed E-state index contributed by atoms with van der Waals surface area (Å²) in [5, 5.41) is 12.3. The second-order valence-corrected chi connectivity index (χ2v) is 11.1. The number of nitrogens with zero attached hydrogens (tertiary/aromatic N) is 3. The highest BCUT2D eigenvalue weighted by Gasteiger charge is 2.46. The molecule has 0 spiro atoms. The molecule has 1 saturated heterocycles. The number of allylic oxidation sites excluding steroid dienone is 2. The van der Waals surface area contributed by atoms with E-state index in [1.807, 2.05) is 32.3 Å². The molecule has 1 aliphatic heterocycles. The van der Waals surface area contributed by atoms with Gasteiger partial charge in [-0.2, -0.15) is 9.57 Å². The molecule has 2 atom stereocenters. The second-order valence-electron chi connectivity index (χ2n) is 9.13. The normalized spacial score (nSPS) is 21.4. The highest BCUT2D eigenvalue weighted by Crippen LogP contribution is 2.39. The van der Waals surface area contributed by atoms with E-state index in [1.54, 1.807) is 19.2 Å². The predicted octanol–water partition coefficient (Wildman–Crippen LogP) is 4.66. The summed E-state index contributed by atoms with van der Waals surface area (Å²) in [5.74, 6) is 1.06. The van der Waals surface area contributed by atoms with Crippen LogP contribution in [-0.4, -0.2) is 55.3 Å². The number of nitrogens with one attached hydrogen (secondary N) is 2. The fraction of sp³-hybridized carbons (Fsp3) is 0.423. The lowest BCUT2D eigenvalue weighted by Crippen LogP contribution is -2.60. The standard InChI is InChI=1S/C26H35N5O2S/c1-7-19(2)16-24(23-12-14-29-25(23)28-5)31-15-13-20(3)26(4,18-31)30(6)34(32,33)22-10-8-21(17-27)9-11-22/h8-12,14,16,20,28-29H,2,7,13,15,18H2,1,3-6H3/b24-16+. The molecular weight excluding hydrogens is 446 g/mol.